The number of amides is 1. The summed E-state index contributed by atoms with van der Waals surface area (Å²) in [5.74, 6) is 0.216. The molecule has 1 aliphatic rings. The van der Waals surface area contributed by atoms with E-state index in [-0.39, 0.29) is 0 Å². The average Bonchev–Trinajstić information content (AvgIpc) is 2.95. The van der Waals surface area contributed by atoms with Gasteiger partial charge in [0.15, 0.2) is 0 Å². The molecule has 2 heterocycles. The second kappa shape index (κ2) is 3.80. The molecule has 17 heavy (non-hydrogen) atoms. The number of para-hydroxylation sites is 1. The van der Waals surface area contributed by atoms with Gasteiger partial charge in [0.1, 0.15) is 11.1 Å². The number of carbonyl (C=O) groups is 1. The Labute approximate surface area is 99.0 Å². The molecule has 0 atom stereocenters. The van der Waals surface area contributed by atoms with Crippen LogP contribution in [0, 0.1) is 0 Å². The molecule has 1 fully saturated rings. The summed E-state index contributed by atoms with van der Waals surface area (Å²) >= 11 is 0. The number of benzene rings is 1. The van der Waals surface area contributed by atoms with Crippen LogP contribution in [0.4, 0.5) is 5.88 Å². The molecule has 0 saturated carbocycles. The van der Waals surface area contributed by atoms with Crippen LogP contribution in [0.1, 0.15) is 23.2 Å². The van der Waals surface area contributed by atoms with Gasteiger partial charge in [0.25, 0.3) is 5.91 Å². The molecule has 3 rings (SSSR count). The monoisotopic (exact) mass is 230 g/mol. The van der Waals surface area contributed by atoms with E-state index in [2.05, 4.69) is 4.90 Å². The first-order valence-electron chi connectivity index (χ1n) is 5.83. The van der Waals surface area contributed by atoms with Gasteiger partial charge in [-0.25, -0.2) is 0 Å². The van der Waals surface area contributed by atoms with E-state index >= 15 is 0 Å². The number of anilines is 1. The van der Waals surface area contributed by atoms with Gasteiger partial charge >= 0.3 is 0 Å². The number of nitrogens with zero attached hydrogens (tertiary/aromatic N) is 1. The van der Waals surface area contributed by atoms with Crippen molar-refractivity contribution < 1.29 is 9.21 Å². The first-order chi connectivity index (χ1) is 8.27. The molecule has 0 spiro atoms. The Morgan fingerprint density at radius 3 is 2.65 bits per heavy atom. The maximum absolute atomic E-state index is 11.6. The van der Waals surface area contributed by atoms with E-state index in [4.69, 9.17) is 10.2 Å². The van der Waals surface area contributed by atoms with Gasteiger partial charge in [-0.05, 0) is 18.9 Å². The van der Waals surface area contributed by atoms with Crippen LogP contribution >= 0.6 is 0 Å². The van der Waals surface area contributed by atoms with Crippen LogP contribution in [0.5, 0.6) is 0 Å². The fourth-order valence-electron chi connectivity index (χ4n) is 2.41. The molecule has 0 unspecified atom stereocenters. The van der Waals surface area contributed by atoms with Gasteiger partial charge in [-0.3, -0.25) is 4.79 Å². The molecular weight excluding hydrogens is 216 g/mol. The number of carbonyl (C=O) groups excluding carboxylic acids is 1. The third kappa shape index (κ3) is 1.56. The maximum atomic E-state index is 11.6. The Balaban J connectivity index is 2.22. The summed E-state index contributed by atoms with van der Waals surface area (Å²) in [5.41, 5.74) is 6.71. The quantitative estimate of drug-likeness (QED) is 0.859. The van der Waals surface area contributed by atoms with E-state index < -0.39 is 5.91 Å². The van der Waals surface area contributed by atoms with Crippen LogP contribution in [-0.4, -0.2) is 19.0 Å². The van der Waals surface area contributed by atoms with Crippen molar-refractivity contribution in [3.63, 3.8) is 0 Å². The van der Waals surface area contributed by atoms with E-state index in [0.717, 1.165) is 36.9 Å². The van der Waals surface area contributed by atoms with Crippen molar-refractivity contribution in [2.24, 2.45) is 5.73 Å². The van der Waals surface area contributed by atoms with Gasteiger partial charge in [0.2, 0.25) is 5.88 Å². The van der Waals surface area contributed by atoms with Crippen LogP contribution in [0.25, 0.3) is 11.0 Å². The second-order valence-corrected chi connectivity index (χ2v) is 4.34. The topological polar surface area (TPSA) is 59.5 Å². The van der Waals surface area contributed by atoms with E-state index in [1.807, 2.05) is 24.3 Å². The van der Waals surface area contributed by atoms with Crippen molar-refractivity contribution in [1.29, 1.82) is 0 Å². The van der Waals surface area contributed by atoms with Gasteiger partial charge in [0, 0.05) is 18.5 Å². The predicted molar refractivity (Wildman–Crippen MR) is 66.2 cm³/mol. The third-order valence-electron chi connectivity index (χ3n) is 3.22. The summed E-state index contributed by atoms with van der Waals surface area (Å²) < 4.78 is 5.77. The number of fused-ring (bicyclic) bond motifs is 1. The molecule has 2 aromatic rings. The van der Waals surface area contributed by atoms with Crippen LogP contribution in [0.3, 0.4) is 0 Å². The number of nitrogens with two attached hydrogens (primary N) is 1. The Bertz CT molecular complexity index is 568. The van der Waals surface area contributed by atoms with Crippen LogP contribution in [0.2, 0.25) is 0 Å². The largest absolute Gasteiger partial charge is 0.440 e. The molecular formula is C13H14N2O2. The summed E-state index contributed by atoms with van der Waals surface area (Å²) in [7, 11) is 0. The molecule has 1 aromatic carbocycles. The van der Waals surface area contributed by atoms with Crippen molar-refractivity contribution >= 4 is 22.8 Å². The highest BCUT2D eigenvalue weighted by Crippen LogP contribution is 2.33. The predicted octanol–water partition coefficient (Wildman–Crippen LogP) is 2.13. The van der Waals surface area contributed by atoms with Crippen LogP contribution in [0.15, 0.2) is 28.7 Å². The minimum absolute atomic E-state index is 0.420. The molecule has 2 N–H and O–H groups in total. The molecule has 4 nitrogen and oxygen atoms in total. The van der Waals surface area contributed by atoms with Gasteiger partial charge in [-0.1, -0.05) is 18.2 Å². The standard InChI is InChI=1S/C13H14N2O2/c14-12(16)11-9-5-1-2-6-10(9)17-13(11)15-7-3-4-8-15/h1-2,5-6H,3-4,7-8H2,(H2,14,16). The molecule has 0 radical (unpaired) electrons. The summed E-state index contributed by atoms with van der Waals surface area (Å²) in [6.45, 7) is 1.86. The maximum Gasteiger partial charge on any atom is 0.254 e. The number of hydrogen-bond donors (Lipinski definition) is 1. The average molecular weight is 230 g/mol. The number of rotatable bonds is 2. The number of primary amides is 1. The fraction of sp³-hybridized carbons (Fsp3) is 0.308. The summed E-state index contributed by atoms with van der Waals surface area (Å²) in [6.07, 6.45) is 2.27. The normalized spacial score (nSPS) is 15.6. The second-order valence-electron chi connectivity index (χ2n) is 4.34. The first kappa shape index (κ1) is 10.2. The molecule has 0 bridgehead atoms. The molecule has 1 saturated heterocycles. The van der Waals surface area contributed by atoms with Crippen LogP contribution < -0.4 is 10.6 Å². The zero-order chi connectivity index (χ0) is 11.8. The van der Waals surface area contributed by atoms with Crippen molar-refractivity contribution in [1.82, 2.24) is 0 Å². The van der Waals surface area contributed by atoms with E-state index in [1.165, 1.54) is 0 Å². The minimum Gasteiger partial charge on any atom is -0.440 e. The highest BCUT2D eigenvalue weighted by Gasteiger charge is 2.24. The van der Waals surface area contributed by atoms with Crippen molar-refractivity contribution in [3.8, 4) is 0 Å². The summed E-state index contributed by atoms with van der Waals surface area (Å²) in [5, 5.41) is 0.807. The SMILES string of the molecule is NC(=O)c1c(N2CCCC2)oc2ccccc12. The highest BCUT2D eigenvalue weighted by molar-refractivity contribution is 6.09. The molecule has 1 aliphatic heterocycles. The van der Waals surface area contributed by atoms with Crippen molar-refractivity contribution in [3.05, 3.63) is 29.8 Å². The Kier molecular flexibility index (Phi) is 2.28. The molecule has 88 valence electrons. The lowest BCUT2D eigenvalue weighted by Gasteiger charge is -2.14. The van der Waals surface area contributed by atoms with E-state index in [0.29, 0.717) is 11.4 Å². The number of furan rings is 1. The lowest BCUT2D eigenvalue weighted by molar-refractivity contribution is 0.100. The van der Waals surface area contributed by atoms with Crippen molar-refractivity contribution in [2.75, 3.05) is 18.0 Å². The van der Waals surface area contributed by atoms with Crippen LogP contribution in [-0.2, 0) is 0 Å². The summed E-state index contributed by atoms with van der Waals surface area (Å²) in [4.78, 5) is 13.7. The zero-order valence-electron chi connectivity index (χ0n) is 9.48. The van der Waals surface area contributed by atoms with E-state index in [1.54, 1.807) is 0 Å². The van der Waals surface area contributed by atoms with Crippen molar-refractivity contribution in [2.45, 2.75) is 12.8 Å². The first-order valence-corrected chi connectivity index (χ1v) is 5.83. The smallest absolute Gasteiger partial charge is 0.254 e. The van der Waals surface area contributed by atoms with Gasteiger partial charge in [0.05, 0.1) is 0 Å². The van der Waals surface area contributed by atoms with Gasteiger partial charge in [-0.15, -0.1) is 0 Å². The number of hydrogen-bond acceptors (Lipinski definition) is 3. The molecule has 1 aromatic heterocycles. The molecule has 1 amide bonds. The summed E-state index contributed by atoms with van der Waals surface area (Å²) in [6, 6.07) is 7.52. The van der Waals surface area contributed by atoms with E-state index in [9.17, 15) is 4.79 Å². The Morgan fingerprint density at radius 1 is 1.24 bits per heavy atom. The Morgan fingerprint density at radius 2 is 1.94 bits per heavy atom. The van der Waals surface area contributed by atoms with Gasteiger partial charge in [-0.2, -0.15) is 0 Å². The molecule has 0 aliphatic carbocycles. The van der Waals surface area contributed by atoms with Gasteiger partial charge < -0.3 is 15.1 Å². The third-order valence-corrected chi connectivity index (χ3v) is 3.22. The lowest BCUT2D eigenvalue weighted by Crippen LogP contribution is -2.21. The lowest BCUT2D eigenvalue weighted by atomic mass is 10.1. The zero-order valence-corrected chi connectivity index (χ0v) is 9.48. The molecule has 4 heteroatoms. The minimum atomic E-state index is -0.420. The fourth-order valence-corrected chi connectivity index (χ4v) is 2.41. The Hall–Kier alpha value is -1.97. The highest BCUT2D eigenvalue weighted by atomic mass is 16.4.